The number of primary amides is 1. The van der Waals surface area contributed by atoms with Gasteiger partial charge in [-0.25, -0.2) is 8.78 Å². The normalized spacial score (nSPS) is 11.2. The molecule has 150 valence electrons. The van der Waals surface area contributed by atoms with Crippen LogP contribution in [0.4, 0.5) is 23.2 Å². The summed E-state index contributed by atoms with van der Waals surface area (Å²) in [4.78, 5) is 23.7. The molecule has 0 heterocycles. The van der Waals surface area contributed by atoms with Crippen molar-refractivity contribution in [2.24, 2.45) is 5.73 Å². The van der Waals surface area contributed by atoms with Gasteiger partial charge < -0.3 is 20.5 Å². The van der Waals surface area contributed by atoms with E-state index < -0.39 is 30.8 Å². The van der Waals surface area contributed by atoms with E-state index in [1.165, 1.54) is 31.4 Å². The number of ether oxygens (including phenoxy) is 2. The van der Waals surface area contributed by atoms with Crippen molar-refractivity contribution in [3.05, 3.63) is 53.6 Å². The Labute approximate surface area is 157 Å². The second-order valence-corrected chi connectivity index (χ2v) is 5.61. The number of nitrogens with one attached hydrogen (secondary N) is 1. The lowest BCUT2D eigenvalue weighted by atomic mass is 10.1. The minimum atomic E-state index is -4.39. The SMILES string of the molecule is COc1ccc(C(=O)Nc2cc(C(N)=O)ccc2OCC(F)(F)C(F)F)cc1. The topological polar surface area (TPSA) is 90.6 Å². The first kappa shape index (κ1) is 21.0. The second-order valence-electron chi connectivity index (χ2n) is 5.61. The molecular weight excluding hydrogens is 384 g/mol. The Bertz CT molecular complexity index is 857. The van der Waals surface area contributed by atoms with Gasteiger partial charge in [0.1, 0.15) is 11.5 Å². The lowest BCUT2D eigenvalue weighted by Crippen LogP contribution is -2.34. The van der Waals surface area contributed by atoms with Crippen molar-refractivity contribution in [1.29, 1.82) is 0 Å². The number of carbonyl (C=O) groups is 2. The van der Waals surface area contributed by atoms with E-state index in [0.29, 0.717) is 5.75 Å². The zero-order chi connectivity index (χ0) is 20.9. The quantitative estimate of drug-likeness (QED) is 0.665. The van der Waals surface area contributed by atoms with E-state index in [1.54, 1.807) is 0 Å². The summed E-state index contributed by atoms with van der Waals surface area (Å²) in [6.45, 7) is -1.62. The number of benzene rings is 2. The molecule has 0 unspecified atom stereocenters. The highest BCUT2D eigenvalue weighted by atomic mass is 19.3. The van der Waals surface area contributed by atoms with E-state index in [-0.39, 0.29) is 22.6 Å². The zero-order valence-corrected chi connectivity index (χ0v) is 14.5. The first-order chi connectivity index (χ1) is 13.1. The molecule has 0 aliphatic carbocycles. The summed E-state index contributed by atoms with van der Waals surface area (Å²) in [5, 5.41) is 2.38. The van der Waals surface area contributed by atoms with Gasteiger partial charge in [0.15, 0.2) is 6.61 Å². The van der Waals surface area contributed by atoms with Crippen LogP contribution in [0, 0.1) is 0 Å². The Morgan fingerprint density at radius 1 is 1.11 bits per heavy atom. The maximum atomic E-state index is 13.1. The maximum absolute atomic E-state index is 13.1. The number of rotatable bonds is 8. The number of nitrogens with two attached hydrogens (primary N) is 1. The van der Waals surface area contributed by atoms with Crippen molar-refractivity contribution in [2.45, 2.75) is 12.3 Å². The van der Waals surface area contributed by atoms with Gasteiger partial charge in [0.05, 0.1) is 12.8 Å². The number of anilines is 1. The fourth-order valence-corrected chi connectivity index (χ4v) is 2.08. The smallest absolute Gasteiger partial charge is 0.340 e. The molecule has 2 amide bonds. The van der Waals surface area contributed by atoms with Gasteiger partial charge in [-0.15, -0.1) is 0 Å². The van der Waals surface area contributed by atoms with Crippen molar-refractivity contribution >= 4 is 17.5 Å². The molecule has 0 aromatic heterocycles. The average molecular weight is 400 g/mol. The molecule has 2 aromatic carbocycles. The van der Waals surface area contributed by atoms with Gasteiger partial charge in [-0.2, -0.15) is 8.78 Å². The van der Waals surface area contributed by atoms with Gasteiger partial charge in [-0.05, 0) is 42.5 Å². The van der Waals surface area contributed by atoms with Crippen LogP contribution in [-0.4, -0.2) is 37.9 Å². The number of hydrogen-bond acceptors (Lipinski definition) is 4. The summed E-state index contributed by atoms with van der Waals surface area (Å²) < 4.78 is 60.6. The zero-order valence-electron chi connectivity index (χ0n) is 14.5. The van der Waals surface area contributed by atoms with Crippen LogP contribution in [0.2, 0.25) is 0 Å². The van der Waals surface area contributed by atoms with Gasteiger partial charge in [-0.3, -0.25) is 9.59 Å². The third-order valence-corrected chi connectivity index (χ3v) is 3.60. The van der Waals surface area contributed by atoms with Crippen LogP contribution >= 0.6 is 0 Å². The standard InChI is InChI=1S/C18H16F4N2O4/c1-27-12-5-2-10(3-6-12)16(26)24-13-8-11(15(23)25)4-7-14(13)28-9-18(21,22)17(19)20/h2-8,17H,9H2,1H3,(H2,23,25)(H,24,26). The number of methoxy groups -OCH3 is 1. The van der Waals surface area contributed by atoms with Crippen molar-refractivity contribution in [3.63, 3.8) is 0 Å². The molecule has 0 atom stereocenters. The summed E-state index contributed by atoms with van der Waals surface area (Å²) in [5.41, 5.74) is 5.13. The predicted molar refractivity (Wildman–Crippen MR) is 92.4 cm³/mol. The molecule has 28 heavy (non-hydrogen) atoms. The van der Waals surface area contributed by atoms with E-state index in [1.807, 2.05) is 0 Å². The van der Waals surface area contributed by atoms with E-state index >= 15 is 0 Å². The number of amides is 2. The number of halogens is 4. The minimum Gasteiger partial charge on any atom is -0.497 e. The van der Waals surface area contributed by atoms with Crippen LogP contribution in [0.15, 0.2) is 42.5 Å². The summed E-state index contributed by atoms with van der Waals surface area (Å²) in [6.07, 6.45) is -3.92. The van der Waals surface area contributed by atoms with Crippen LogP contribution < -0.4 is 20.5 Å². The Morgan fingerprint density at radius 3 is 2.25 bits per heavy atom. The summed E-state index contributed by atoms with van der Waals surface area (Å²) in [6, 6.07) is 9.26. The Morgan fingerprint density at radius 2 is 1.71 bits per heavy atom. The number of alkyl halides is 4. The molecule has 2 aromatic rings. The molecule has 2 rings (SSSR count). The van der Waals surface area contributed by atoms with E-state index in [2.05, 4.69) is 5.32 Å². The van der Waals surface area contributed by atoms with Gasteiger partial charge in [0, 0.05) is 11.1 Å². The minimum absolute atomic E-state index is 0.0435. The first-order valence-electron chi connectivity index (χ1n) is 7.82. The molecular formula is C18H16F4N2O4. The maximum Gasteiger partial charge on any atom is 0.340 e. The lowest BCUT2D eigenvalue weighted by Gasteiger charge is -2.18. The number of carbonyl (C=O) groups excluding carboxylic acids is 2. The van der Waals surface area contributed by atoms with Gasteiger partial charge in [-0.1, -0.05) is 0 Å². The van der Waals surface area contributed by atoms with Crippen molar-refractivity contribution in [2.75, 3.05) is 19.0 Å². The van der Waals surface area contributed by atoms with Crippen molar-refractivity contribution in [1.82, 2.24) is 0 Å². The molecule has 0 radical (unpaired) electrons. The fourth-order valence-electron chi connectivity index (χ4n) is 2.08. The summed E-state index contributed by atoms with van der Waals surface area (Å²) in [7, 11) is 1.45. The molecule has 3 N–H and O–H groups in total. The van der Waals surface area contributed by atoms with E-state index in [0.717, 1.165) is 18.2 Å². The largest absolute Gasteiger partial charge is 0.497 e. The van der Waals surface area contributed by atoms with E-state index in [9.17, 15) is 27.2 Å². The van der Waals surface area contributed by atoms with Crippen LogP contribution in [0.3, 0.4) is 0 Å². The highest BCUT2D eigenvalue weighted by Gasteiger charge is 2.41. The lowest BCUT2D eigenvalue weighted by molar-refractivity contribution is -0.148. The Hall–Kier alpha value is -3.30. The van der Waals surface area contributed by atoms with Crippen LogP contribution in [-0.2, 0) is 0 Å². The first-order valence-corrected chi connectivity index (χ1v) is 7.82. The molecule has 0 saturated heterocycles. The van der Waals surface area contributed by atoms with Crippen LogP contribution in [0.25, 0.3) is 0 Å². The third kappa shape index (κ3) is 5.12. The van der Waals surface area contributed by atoms with Gasteiger partial charge in [0.2, 0.25) is 5.91 Å². The molecule has 0 aliphatic rings. The molecule has 6 nitrogen and oxygen atoms in total. The Balaban J connectivity index is 2.27. The molecule has 0 bridgehead atoms. The molecule has 0 aliphatic heterocycles. The predicted octanol–water partition coefficient (Wildman–Crippen LogP) is 3.33. The monoisotopic (exact) mass is 400 g/mol. The molecule has 0 saturated carbocycles. The van der Waals surface area contributed by atoms with Gasteiger partial charge >= 0.3 is 12.3 Å². The average Bonchev–Trinajstić information content (AvgIpc) is 2.66. The molecule has 10 heteroatoms. The Kier molecular flexibility index (Phi) is 6.45. The highest BCUT2D eigenvalue weighted by molar-refractivity contribution is 6.06. The summed E-state index contributed by atoms with van der Waals surface area (Å²) >= 11 is 0. The van der Waals surface area contributed by atoms with E-state index in [4.69, 9.17) is 15.2 Å². The fraction of sp³-hybridized carbons (Fsp3) is 0.222. The second kappa shape index (κ2) is 8.59. The van der Waals surface area contributed by atoms with Crippen molar-refractivity contribution in [3.8, 4) is 11.5 Å². The molecule has 0 spiro atoms. The number of hydrogen-bond donors (Lipinski definition) is 2. The third-order valence-electron chi connectivity index (χ3n) is 3.60. The summed E-state index contributed by atoms with van der Waals surface area (Å²) in [5.74, 6) is -5.71. The van der Waals surface area contributed by atoms with Crippen molar-refractivity contribution < 1.29 is 36.6 Å². The highest BCUT2D eigenvalue weighted by Crippen LogP contribution is 2.30. The van der Waals surface area contributed by atoms with Crippen LogP contribution in [0.5, 0.6) is 11.5 Å². The molecule has 0 fully saturated rings. The van der Waals surface area contributed by atoms with Gasteiger partial charge in [0.25, 0.3) is 5.91 Å². The van der Waals surface area contributed by atoms with Crippen LogP contribution in [0.1, 0.15) is 20.7 Å².